The van der Waals surface area contributed by atoms with Gasteiger partial charge in [0, 0.05) is 5.56 Å². The molecule has 5 aromatic rings. The number of methoxy groups -OCH3 is 1. The Labute approximate surface area is 176 Å². The highest BCUT2D eigenvalue weighted by atomic mass is 16.5. The average Bonchev–Trinajstić information content (AvgIpc) is 2.82. The summed E-state index contributed by atoms with van der Waals surface area (Å²) in [6, 6.07) is 34.6. The van der Waals surface area contributed by atoms with E-state index in [1.54, 1.807) is 7.11 Å². The van der Waals surface area contributed by atoms with E-state index in [4.69, 9.17) is 4.74 Å². The van der Waals surface area contributed by atoms with E-state index in [-0.39, 0.29) is 0 Å². The fraction of sp³-hybridized carbons (Fsp3) is 0.0714. The molecule has 0 aliphatic rings. The highest BCUT2D eigenvalue weighted by Gasteiger charge is 2.22. The molecule has 1 atom stereocenters. The Kier molecular flexibility index (Phi) is 4.70. The normalized spacial score (nSPS) is 12.2. The van der Waals surface area contributed by atoms with Crippen LogP contribution in [-0.4, -0.2) is 12.2 Å². The Hall–Kier alpha value is -3.62. The lowest BCUT2D eigenvalue weighted by atomic mass is 9.86. The van der Waals surface area contributed by atoms with E-state index in [2.05, 4.69) is 36.4 Å². The lowest BCUT2D eigenvalue weighted by Crippen LogP contribution is -2.03. The zero-order valence-electron chi connectivity index (χ0n) is 16.7. The minimum Gasteiger partial charge on any atom is -0.496 e. The smallest absolute Gasteiger partial charge is 0.127 e. The minimum absolute atomic E-state index is 0.741. The molecule has 0 aliphatic carbocycles. The number of hydrogen-bond acceptors (Lipinski definition) is 2. The number of hydrogen-bond donors (Lipinski definition) is 1. The van der Waals surface area contributed by atoms with Gasteiger partial charge in [-0.3, -0.25) is 0 Å². The van der Waals surface area contributed by atoms with Gasteiger partial charge < -0.3 is 9.84 Å². The van der Waals surface area contributed by atoms with Crippen LogP contribution in [0.2, 0.25) is 0 Å². The first-order chi connectivity index (χ1) is 14.8. The lowest BCUT2D eigenvalue weighted by molar-refractivity contribution is 0.221. The van der Waals surface area contributed by atoms with E-state index in [1.165, 1.54) is 0 Å². The molecule has 0 radical (unpaired) electrons. The Morgan fingerprint density at radius 2 is 1.17 bits per heavy atom. The summed E-state index contributed by atoms with van der Waals surface area (Å²) in [6.45, 7) is 0. The molecule has 0 saturated carbocycles. The molecule has 5 aromatic carbocycles. The third-order valence-corrected chi connectivity index (χ3v) is 5.73. The summed E-state index contributed by atoms with van der Waals surface area (Å²) >= 11 is 0. The van der Waals surface area contributed by atoms with Gasteiger partial charge in [-0.25, -0.2) is 0 Å². The molecular formula is C28H22O2. The zero-order valence-corrected chi connectivity index (χ0v) is 16.7. The molecule has 0 fully saturated rings. The van der Waals surface area contributed by atoms with Crippen LogP contribution in [0.3, 0.4) is 0 Å². The van der Waals surface area contributed by atoms with Gasteiger partial charge in [0.05, 0.1) is 7.11 Å². The quantitative estimate of drug-likeness (QED) is 0.368. The second-order valence-corrected chi connectivity index (χ2v) is 7.43. The summed E-state index contributed by atoms with van der Waals surface area (Å²) in [5, 5.41) is 15.9. The molecule has 5 rings (SSSR count). The molecule has 30 heavy (non-hydrogen) atoms. The van der Waals surface area contributed by atoms with Crippen molar-refractivity contribution in [3.8, 4) is 16.9 Å². The monoisotopic (exact) mass is 390 g/mol. The van der Waals surface area contributed by atoms with Crippen LogP contribution in [0.5, 0.6) is 5.75 Å². The van der Waals surface area contributed by atoms with Crippen LogP contribution in [0.15, 0.2) is 103 Å². The SMILES string of the molecule is COc1ccc2ccccc2c1-c1c([C@H](O)c2ccccc2)ccc2ccccc12. The van der Waals surface area contributed by atoms with Crippen LogP contribution < -0.4 is 4.74 Å². The van der Waals surface area contributed by atoms with Crippen LogP contribution in [0.25, 0.3) is 32.7 Å². The van der Waals surface area contributed by atoms with Gasteiger partial charge in [0.15, 0.2) is 0 Å². The standard InChI is InChI=1S/C28H22O2/c1-30-25-18-16-20-10-6-8-14-23(20)27(25)26-22-13-7-5-9-19(22)15-17-24(26)28(29)21-11-3-2-4-12-21/h2-18,28-29H,1H3/t28-/m1/s1. The molecule has 2 heteroatoms. The summed E-state index contributed by atoms with van der Waals surface area (Å²) in [6.07, 6.45) is -0.741. The molecule has 0 spiro atoms. The maximum atomic E-state index is 11.4. The summed E-state index contributed by atoms with van der Waals surface area (Å²) in [4.78, 5) is 0. The van der Waals surface area contributed by atoms with Crippen molar-refractivity contribution in [1.29, 1.82) is 0 Å². The van der Waals surface area contributed by atoms with E-state index in [9.17, 15) is 5.11 Å². The molecule has 0 aliphatic heterocycles. The Morgan fingerprint density at radius 1 is 0.600 bits per heavy atom. The fourth-order valence-electron chi connectivity index (χ4n) is 4.29. The molecule has 0 bridgehead atoms. The molecule has 0 unspecified atom stereocenters. The largest absolute Gasteiger partial charge is 0.496 e. The van der Waals surface area contributed by atoms with E-state index >= 15 is 0 Å². The number of benzene rings is 5. The Morgan fingerprint density at radius 3 is 1.83 bits per heavy atom. The van der Waals surface area contributed by atoms with Gasteiger partial charge in [-0.2, -0.15) is 0 Å². The van der Waals surface area contributed by atoms with E-state index in [1.807, 2.05) is 66.7 Å². The maximum absolute atomic E-state index is 11.4. The number of rotatable bonds is 4. The number of ether oxygens (including phenoxy) is 1. The molecule has 0 aromatic heterocycles. The Bertz CT molecular complexity index is 1340. The molecule has 1 N–H and O–H groups in total. The van der Waals surface area contributed by atoms with Gasteiger partial charge >= 0.3 is 0 Å². The van der Waals surface area contributed by atoms with Crippen molar-refractivity contribution in [2.75, 3.05) is 7.11 Å². The van der Waals surface area contributed by atoms with Gasteiger partial charge in [-0.15, -0.1) is 0 Å². The number of aliphatic hydroxyl groups excluding tert-OH is 1. The second kappa shape index (κ2) is 7.66. The first-order valence-corrected chi connectivity index (χ1v) is 10.1. The third-order valence-electron chi connectivity index (χ3n) is 5.73. The van der Waals surface area contributed by atoms with Crippen molar-refractivity contribution in [2.45, 2.75) is 6.10 Å². The van der Waals surface area contributed by atoms with Crippen LogP contribution in [-0.2, 0) is 0 Å². The van der Waals surface area contributed by atoms with Gasteiger partial charge in [-0.05, 0) is 44.3 Å². The number of aliphatic hydroxyl groups is 1. The summed E-state index contributed by atoms with van der Waals surface area (Å²) in [7, 11) is 1.70. The molecular weight excluding hydrogens is 368 g/mol. The van der Waals surface area contributed by atoms with Gasteiger partial charge in [0.25, 0.3) is 0 Å². The van der Waals surface area contributed by atoms with E-state index in [0.29, 0.717) is 0 Å². The zero-order chi connectivity index (χ0) is 20.5. The number of fused-ring (bicyclic) bond motifs is 2. The fourth-order valence-corrected chi connectivity index (χ4v) is 4.29. The highest BCUT2D eigenvalue weighted by molar-refractivity contribution is 6.09. The van der Waals surface area contributed by atoms with Crippen molar-refractivity contribution in [1.82, 2.24) is 0 Å². The van der Waals surface area contributed by atoms with Crippen LogP contribution in [0.1, 0.15) is 17.2 Å². The van der Waals surface area contributed by atoms with Crippen molar-refractivity contribution < 1.29 is 9.84 Å². The molecule has 2 nitrogen and oxygen atoms in total. The van der Waals surface area contributed by atoms with Crippen molar-refractivity contribution in [2.24, 2.45) is 0 Å². The van der Waals surface area contributed by atoms with Crippen molar-refractivity contribution >= 4 is 21.5 Å². The van der Waals surface area contributed by atoms with Crippen molar-refractivity contribution in [3.63, 3.8) is 0 Å². The molecule has 0 saturated heterocycles. The van der Waals surface area contributed by atoms with Gasteiger partial charge in [0.1, 0.15) is 11.9 Å². The molecule has 0 heterocycles. The topological polar surface area (TPSA) is 29.5 Å². The summed E-state index contributed by atoms with van der Waals surface area (Å²) in [5.41, 5.74) is 3.76. The van der Waals surface area contributed by atoms with E-state index in [0.717, 1.165) is 49.5 Å². The first-order valence-electron chi connectivity index (χ1n) is 10.1. The second-order valence-electron chi connectivity index (χ2n) is 7.43. The molecule has 146 valence electrons. The lowest BCUT2D eigenvalue weighted by Gasteiger charge is -2.21. The summed E-state index contributed by atoms with van der Waals surface area (Å²) < 4.78 is 5.82. The maximum Gasteiger partial charge on any atom is 0.127 e. The highest BCUT2D eigenvalue weighted by Crippen LogP contribution is 2.44. The van der Waals surface area contributed by atoms with Crippen LogP contribution in [0, 0.1) is 0 Å². The predicted molar refractivity (Wildman–Crippen MR) is 124 cm³/mol. The Balaban J connectivity index is 1.91. The van der Waals surface area contributed by atoms with Crippen LogP contribution >= 0.6 is 0 Å². The summed E-state index contributed by atoms with van der Waals surface area (Å²) in [5.74, 6) is 0.798. The first kappa shape index (κ1) is 18.4. The van der Waals surface area contributed by atoms with Gasteiger partial charge in [0.2, 0.25) is 0 Å². The predicted octanol–water partition coefficient (Wildman–Crippen LogP) is 6.75. The third kappa shape index (κ3) is 3.02. The minimum atomic E-state index is -0.741. The van der Waals surface area contributed by atoms with E-state index < -0.39 is 6.10 Å². The van der Waals surface area contributed by atoms with Gasteiger partial charge in [-0.1, -0.05) is 97.1 Å². The van der Waals surface area contributed by atoms with Crippen LogP contribution in [0.4, 0.5) is 0 Å². The van der Waals surface area contributed by atoms with Crippen molar-refractivity contribution in [3.05, 3.63) is 114 Å². The average molecular weight is 390 g/mol. The molecule has 0 amide bonds.